The fourth-order valence-corrected chi connectivity index (χ4v) is 1.67. The molecule has 0 bridgehead atoms. The quantitative estimate of drug-likeness (QED) is 0.424. The van der Waals surface area contributed by atoms with Crippen LogP contribution in [0.4, 0.5) is 17.1 Å². The number of nitrogens with one attached hydrogen (secondary N) is 2. The highest BCUT2D eigenvalue weighted by Crippen LogP contribution is 2.24. The number of hydrazine groups is 1. The lowest BCUT2D eigenvalue weighted by Crippen LogP contribution is -2.09. The van der Waals surface area contributed by atoms with Gasteiger partial charge < -0.3 is 10.7 Å². The van der Waals surface area contributed by atoms with Crippen molar-refractivity contribution in [2.45, 2.75) is 6.54 Å². The molecular weight excluding hydrogens is 248 g/mol. The molecule has 2 aromatic rings. The van der Waals surface area contributed by atoms with E-state index in [1.54, 1.807) is 16.9 Å². The molecule has 8 heteroatoms. The van der Waals surface area contributed by atoms with E-state index in [0.29, 0.717) is 17.9 Å². The van der Waals surface area contributed by atoms with Crippen LogP contribution in [0, 0.1) is 10.1 Å². The molecule has 8 nitrogen and oxygen atoms in total. The Hall–Kier alpha value is -2.61. The zero-order valence-corrected chi connectivity index (χ0v) is 10.3. The molecule has 1 aromatic heterocycles. The molecule has 19 heavy (non-hydrogen) atoms. The number of nitrogens with zero attached hydrogens (tertiary/aromatic N) is 3. The molecule has 0 saturated heterocycles. The molecule has 0 saturated carbocycles. The zero-order chi connectivity index (χ0) is 13.8. The van der Waals surface area contributed by atoms with E-state index < -0.39 is 4.92 Å². The van der Waals surface area contributed by atoms with E-state index in [-0.39, 0.29) is 5.69 Å². The Labute approximate surface area is 109 Å². The summed E-state index contributed by atoms with van der Waals surface area (Å²) >= 11 is 0. The normalized spacial score (nSPS) is 10.2. The largest absolute Gasteiger partial charge is 0.379 e. The highest BCUT2D eigenvalue weighted by atomic mass is 16.6. The van der Waals surface area contributed by atoms with E-state index in [4.69, 9.17) is 5.84 Å². The molecule has 0 amide bonds. The number of non-ortho nitro benzene ring substituents is 1. The maximum absolute atomic E-state index is 10.8. The number of aromatic nitrogens is 2. The second kappa shape index (κ2) is 5.36. The van der Waals surface area contributed by atoms with Crippen LogP contribution in [0.25, 0.3) is 0 Å². The van der Waals surface area contributed by atoms with Crippen LogP contribution in [0.2, 0.25) is 0 Å². The van der Waals surface area contributed by atoms with Crippen molar-refractivity contribution in [3.05, 3.63) is 46.3 Å². The first kappa shape index (κ1) is 12.8. The number of rotatable bonds is 5. The maximum Gasteiger partial charge on any atom is 0.273 e. The summed E-state index contributed by atoms with van der Waals surface area (Å²) in [5.74, 6) is 5.29. The standard InChI is InChI=1S/C11H14N6O2/c1-16-10(2-3-14-16)7-13-8-4-9(15-12)6-11(5-8)17(18)19/h2-6,13,15H,7,12H2,1H3. The lowest BCUT2D eigenvalue weighted by molar-refractivity contribution is -0.384. The summed E-state index contributed by atoms with van der Waals surface area (Å²) in [6.45, 7) is 0.516. The Morgan fingerprint density at radius 2 is 2.16 bits per heavy atom. The molecule has 0 radical (unpaired) electrons. The monoisotopic (exact) mass is 262 g/mol. The zero-order valence-electron chi connectivity index (χ0n) is 10.3. The van der Waals surface area contributed by atoms with E-state index in [9.17, 15) is 10.1 Å². The van der Waals surface area contributed by atoms with Crippen LogP contribution in [0.3, 0.4) is 0 Å². The number of anilines is 2. The van der Waals surface area contributed by atoms with Crippen molar-refractivity contribution >= 4 is 17.1 Å². The average molecular weight is 262 g/mol. The van der Waals surface area contributed by atoms with Crippen LogP contribution in [0.5, 0.6) is 0 Å². The second-order valence-electron chi connectivity index (χ2n) is 3.97. The van der Waals surface area contributed by atoms with Crippen molar-refractivity contribution in [2.75, 3.05) is 10.7 Å². The van der Waals surface area contributed by atoms with Crippen molar-refractivity contribution < 1.29 is 4.92 Å². The maximum atomic E-state index is 10.8. The Bertz CT molecular complexity index is 595. The van der Waals surface area contributed by atoms with Gasteiger partial charge in [-0.2, -0.15) is 5.10 Å². The van der Waals surface area contributed by atoms with Gasteiger partial charge in [0, 0.05) is 31.1 Å². The third kappa shape index (κ3) is 2.99. The molecule has 0 aliphatic carbocycles. The number of nitrogen functional groups attached to an aromatic ring is 1. The lowest BCUT2D eigenvalue weighted by atomic mass is 10.2. The van der Waals surface area contributed by atoms with Crippen LogP contribution < -0.4 is 16.6 Å². The molecule has 0 spiro atoms. The van der Waals surface area contributed by atoms with E-state index in [2.05, 4.69) is 15.8 Å². The molecule has 0 fully saturated rings. The summed E-state index contributed by atoms with van der Waals surface area (Å²) in [4.78, 5) is 10.3. The summed E-state index contributed by atoms with van der Waals surface area (Å²) in [6.07, 6.45) is 1.69. The van der Waals surface area contributed by atoms with Crippen LogP contribution in [0.15, 0.2) is 30.5 Å². The number of nitrogens with two attached hydrogens (primary N) is 1. The highest BCUT2D eigenvalue weighted by molar-refractivity contribution is 5.63. The van der Waals surface area contributed by atoms with Crippen molar-refractivity contribution in [3.63, 3.8) is 0 Å². The van der Waals surface area contributed by atoms with E-state index in [1.165, 1.54) is 12.1 Å². The number of hydrogen-bond donors (Lipinski definition) is 3. The topological polar surface area (TPSA) is 111 Å². The Morgan fingerprint density at radius 1 is 1.42 bits per heavy atom. The Morgan fingerprint density at radius 3 is 2.74 bits per heavy atom. The summed E-state index contributed by atoms with van der Waals surface area (Å²) < 4.78 is 1.73. The number of nitro benzene ring substituents is 1. The van der Waals surface area contributed by atoms with Gasteiger partial charge in [-0.1, -0.05) is 0 Å². The van der Waals surface area contributed by atoms with Gasteiger partial charge in [-0.05, 0) is 12.1 Å². The first-order valence-corrected chi connectivity index (χ1v) is 5.57. The van der Waals surface area contributed by atoms with Gasteiger partial charge in [0.25, 0.3) is 5.69 Å². The van der Waals surface area contributed by atoms with Crippen molar-refractivity contribution in [1.82, 2.24) is 9.78 Å². The van der Waals surface area contributed by atoms with Crippen molar-refractivity contribution in [3.8, 4) is 0 Å². The SMILES string of the molecule is Cn1nccc1CNc1cc(NN)cc([N+](=O)[O-])c1. The van der Waals surface area contributed by atoms with E-state index >= 15 is 0 Å². The third-order valence-corrected chi connectivity index (χ3v) is 2.69. The third-order valence-electron chi connectivity index (χ3n) is 2.69. The number of benzene rings is 1. The number of nitro groups is 1. The number of hydrogen-bond acceptors (Lipinski definition) is 6. The molecule has 2 rings (SSSR count). The van der Waals surface area contributed by atoms with Gasteiger partial charge in [-0.3, -0.25) is 20.6 Å². The Balaban J connectivity index is 2.17. The van der Waals surface area contributed by atoms with Crippen molar-refractivity contribution in [1.29, 1.82) is 0 Å². The highest BCUT2D eigenvalue weighted by Gasteiger charge is 2.09. The van der Waals surface area contributed by atoms with Gasteiger partial charge in [0.05, 0.1) is 22.8 Å². The minimum atomic E-state index is -0.462. The molecule has 100 valence electrons. The molecule has 1 aromatic carbocycles. The fraction of sp³-hybridized carbons (Fsp3) is 0.182. The molecule has 0 atom stereocenters. The van der Waals surface area contributed by atoms with Crippen LogP contribution >= 0.6 is 0 Å². The van der Waals surface area contributed by atoms with Gasteiger partial charge in [0.15, 0.2) is 0 Å². The van der Waals surface area contributed by atoms with Gasteiger partial charge in [-0.25, -0.2) is 0 Å². The molecular formula is C11H14N6O2. The summed E-state index contributed by atoms with van der Waals surface area (Å²) in [5, 5.41) is 17.9. The predicted molar refractivity (Wildman–Crippen MR) is 71.4 cm³/mol. The minimum Gasteiger partial charge on any atom is -0.379 e. The smallest absolute Gasteiger partial charge is 0.273 e. The Kier molecular flexibility index (Phi) is 3.62. The molecule has 0 unspecified atom stereocenters. The van der Waals surface area contributed by atoms with Crippen LogP contribution in [0.1, 0.15) is 5.69 Å². The predicted octanol–water partition coefficient (Wildman–Crippen LogP) is 1.23. The minimum absolute atomic E-state index is 0.0250. The lowest BCUT2D eigenvalue weighted by Gasteiger charge is -2.08. The van der Waals surface area contributed by atoms with Crippen LogP contribution in [-0.2, 0) is 13.6 Å². The fourth-order valence-electron chi connectivity index (χ4n) is 1.67. The summed E-state index contributed by atoms with van der Waals surface area (Å²) in [5.41, 5.74) is 4.43. The molecule has 0 aliphatic rings. The van der Waals surface area contributed by atoms with Gasteiger partial charge in [0.1, 0.15) is 0 Å². The van der Waals surface area contributed by atoms with E-state index in [1.807, 2.05) is 13.1 Å². The summed E-state index contributed by atoms with van der Waals surface area (Å²) in [7, 11) is 1.83. The summed E-state index contributed by atoms with van der Waals surface area (Å²) in [6, 6.07) is 6.39. The molecule has 4 N–H and O–H groups in total. The second-order valence-corrected chi connectivity index (χ2v) is 3.97. The molecule has 1 heterocycles. The number of aryl methyl sites for hydroxylation is 1. The van der Waals surface area contributed by atoms with Gasteiger partial charge in [-0.15, -0.1) is 0 Å². The van der Waals surface area contributed by atoms with Gasteiger partial charge in [0.2, 0.25) is 0 Å². The van der Waals surface area contributed by atoms with Crippen LogP contribution in [-0.4, -0.2) is 14.7 Å². The van der Waals surface area contributed by atoms with Crippen molar-refractivity contribution in [2.24, 2.45) is 12.9 Å². The first-order chi connectivity index (χ1) is 9.10. The average Bonchev–Trinajstić information content (AvgIpc) is 2.81. The van der Waals surface area contributed by atoms with E-state index in [0.717, 1.165) is 5.69 Å². The molecule has 0 aliphatic heterocycles. The van der Waals surface area contributed by atoms with Gasteiger partial charge >= 0.3 is 0 Å². The first-order valence-electron chi connectivity index (χ1n) is 5.57.